The van der Waals surface area contributed by atoms with Gasteiger partial charge in [0.05, 0.1) is 17.6 Å². The van der Waals surface area contributed by atoms with E-state index in [9.17, 15) is 10.1 Å². The van der Waals surface area contributed by atoms with Crippen molar-refractivity contribution in [3.05, 3.63) is 100 Å². The van der Waals surface area contributed by atoms with E-state index in [2.05, 4.69) is 6.07 Å². The number of nitrogens with two attached hydrogens (primary N) is 1. The molecule has 33 heavy (non-hydrogen) atoms. The monoisotopic (exact) mass is 440 g/mol. The van der Waals surface area contributed by atoms with Crippen LogP contribution < -0.4 is 19.9 Å². The number of fused-ring (bicyclic) bond motifs is 1. The second-order valence-electron chi connectivity index (χ2n) is 8.12. The van der Waals surface area contributed by atoms with Crippen molar-refractivity contribution in [3.63, 3.8) is 0 Å². The Kier molecular flexibility index (Phi) is 6.05. The van der Waals surface area contributed by atoms with Crippen molar-refractivity contribution >= 4 is 5.97 Å². The Morgan fingerprint density at radius 1 is 1.03 bits per heavy atom. The Labute approximate surface area is 192 Å². The number of hydrogen-bond acceptors (Lipinski definition) is 6. The molecule has 1 heterocycles. The Morgan fingerprint density at radius 3 is 2.33 bits per heavy atom. The molecule has 166 valence electrons. The maximum absolute atomic E-state index is 12.6. The zero-order valence-corrected chi connectivity index (χ0v) is 18.7. The van der Waals surface area contributed by atoms with Crippen molar-refractivity contribution in [1.82, 2.24) is 0 Å². The van der Waals surface area contributed by atoms with E-state index < -0.39 is 5.97 Å². The standard InChI is InChI=1S/C27H24N2O4/c1-16(2)31-20-10-8-19(9-11-20)27(30)32-21-12-13-22-24(14-21)33-26(29)23(15-28)25(22)18-6-4-17(3)5-7-18/h4-14,16,25H,29H2,1-3H3. The molecule has 2 N–H and O–H groups in total. The molecular formula is C27H24N2O4. The van der Waals surface area contributed by atoms with E-state index in [4.69, 9.17) is 19.9 Å². The highest BCUT2D eigenvalue weighted by molar-refractivity contribution is 5.91. The first-order valence-electron chi connectivity index (χ1n) is 10.6. The summed E-state index contributed by atoms with van der Waals surface area (Å²) >= 11 is 0. The Bertz CT molecular complexity index is 1250. The van der Waals surface area contributed by atoms with Crippen molar-refractivity contribution in [2.45, 2.75) is 32.8 Å². The fourth-order valence-electron chi connectivity index (χ4n) is 3.71. The first kappa shape index (κ1) is 22.0. The van der Waals surface area contributed by atoms with E-state index in [0.29, 0.717) is 28.4 Å². The van der Waals surface area contributed by atoms with Gasteiger partial charge in [0, 0.05) is 11.6 Å². The maximum Gasteiger partial charge on any atom is 0.343 e. The van der Waals surface area contributed by atoms with Crippen LogP contribution in [0, 0.1) is 18.3 Å². The number of ether oxygens (including phenoxy) is 3. The molecule has 0 saturated heterocycles. The van der Waals surface area contributed by atoms with Gasteiger partial charge in [-0.15, -0.1) is 0 Å². The summed E-state index contributed by atoms with van der Waals surface area (Å²) in [5, 5.41) is 9.69. The predicted molar refractivity (Wildman–Crippen MR) is 124 cm³/mol. The molecule has 0 radical (unpaired) electrons. The van der Waals surface area contributed by atoms with Gasteiger partial charge in [-0.1, -0.05) is 35.9 Å². The van der Waals surface area contributed by atoms with Crippen LogP contribution in [-0.2, 0) is 0 Å². The smallest absolute Gasteiger partial charge is 0.343 e. The highest BCUT2D eigenvalue weighted by atomic mass is 16.5. The topological polar surface area (TPSA) is 94.6 Å². The molecule has 1 aliphatic heterocycles. The number of nitriles is 1. The highest BCUT2D eigenvalue weighted by Crippen LogP contribution is 2.43. The zero-order valence-electron chi connectivity index (χ0n) is 18.7. The summed E-state index contributed by atoms with van der Waals surface area (Å²) in [6, 6.07) is 22.0. The minimum Gasteiger partial charge on any atom is -0.491 e. The molecule has 0 bridgehead atoms. The number of hydrogen-bond donors (Lipinski definition) is 1. The summed E-state index contributed by atoms with van der Waals surface area (Å²) in [5.74, 6) is 0.622. The van der Waals surface area contributed by atoms with Crippen LogP contribution in [0.5, 0.6) is 17.2 Å². The molecule has 0 aromatic heterocycles. The summed E-state index contributed by atoms with van der Waals surface area (Å²) < 4.78 is 16.9. The number of benzene rings is 3. The van der Waals surface area contributed by atoms with Crippen LogP contribution in [0.4, 0.5) is 0 Å². The molecule has 0 spiro atoms. The van der Waals surface area contributed by atoms with Crippen molar-refractivity contribution in [3.8, 4) is 23.3 Å². The number of rotatable bonds is 5. The molecule has 3 aromatic carbocycles. The lowest BCUT2D eigenvalue weighted by molar-refractivity contribution is 0.0734. The van der Waals surface area contributed by atoms with Crippen molar-refractivity contribution < 1.29 is 19.0 Å². The normalized spacial score (nSPS) is 14.8. The van der Waals surface area contributed by atoms with Gasteiger partial charge in [-0.25, -0.2) is 4.79 Å². The molecule has 0 aliphatic carbocycles. The van der Waals surface area contributed by atoms with Gasteiger partial charge in [-0.3, -0.25) is 0 Å². The van der Waals surface area contributed by atoms with E-state index in [0.717, 1.165) is 16.7 Å². The third kappa shape index (κ3) is 4.68. The van der Waals surface area contributed by atoms with Crippen molar-refractivity contribution in [2.24, 2.45) is 5.73 Å². The Balaban J connectivity index is 1.60. The lowest BCUT2D eigenvalue weighted by Crippen LogP contribution is -2.21. The third-order valence-corrected chi connectivity index (χ3v) is 5.27. The Morgan fingerprint density at radius 2 is 1.70 bits per heavy atom. The van der Waals surface area contributed by atoms with Gasteiger partial charge in [0.25, 0.3) is 0 Å². The van der Waals surface area contributed by atoms with E-state index in [1.807, 2.05) is 45.0 Å². The summed E-state index contributed by atoms with van der Waals surface area (Å²) in [4.78, 5) is 12.6. The lowest BCUT2D eigenvalue weighted by atomic mass is 9.83. The second-order valence-corrected chi connectivity index (χ2v) is 8.12. The zero-order chi connectivity index (χ0) is 23.5. The fourth-order valence-corrected chi connectivity index (χ4v) is 3.71. The molecule has 1 aliphatic rings. The number of allylic oxidation sites excluding steroid dienone is 1. The van der Waals surface area contributed by atoms with Crippen LogP contribution in [0.15, 0.2) is 78.2 Å². The molecule has 1 atom stereocenters. The van der Waals surface area contributed by atoms with Crippen LogP contribution in [0.1, 0.15) is 46.8 Å². The molecule has 4 rings (SSSR count). The summed E-state index contributed by atoms with van der Waals surface area (Å²) in [5.41, 5.74) is 9.64. The van der Waals surface area contributed by atoms with Gasteiger partial charge in [-0.2, -0.15) is 5.26 Å². The highest BCUT2D eigenvalue weighted by Gasteiger charge is 2.31. The quantitative estimate of drug-likeness (QED) is 0.432. The largest absolute Gasteiger partial charge is 0.491 e. The average Bonchev–Trinajstić information content (AvgIpc) is 2.79. The van der Waals surface area contributed by atoms with Crippen LogP contribution in [0.3, 0.4) is 0 Å². The van der Waals surface area contributed by atoms with Gasteiger partial charge in [0.15, 0.2) is 0 Å². The van der Waals surface area contributed by atoms with E-state index >= 15 is 0 Å². The maximum atomic E-state index is 12.6. The fraction of sp³-hybridized carbons (Fsp3) is 0.185. The summed E-state index contributed by atoms with van der Waals surface area (Å²) in [7, 11) is 0. The predicted octanol–water partition coefficient (Wildman–Crippen LogP) is 5.22. The van der Waals surface area contributed by atoms with E-state index in [-0.39, 0.29) is 17.9 Å². The van der Waals surface area contributed by atoms with Crippen LogP contribution in [0.2, 0.25) is 0 Å². The summed E-state index contributed by atoms with van der Waals surface area (Å²) in [6.45, 7) is 5.87. The van der Waals surface area contributed by atoms with Crippen molar-refractivity contribution in [1.29, 1.82) is 5.26 Å². The van der Waals surface area contributed by atoms with Gasteiger partial charge < -0.3 is 19.9 Å². The minimum atomic E-state index is -0.502. The van der Waals surface area contributed by atoms with Gasteiger partial charge in [0.1, 0.15) is 28.9 Å². The number of aryl methyl sites for hydroxylation is 1. The number of esters is 1. The van der Waals surface area contributed by atoms with Gasteiger partial charge in [0.2, 0.25) is 5.88 Å². The number of nitrogens with zero attached hydrogens (tertiary/aromatic N) is 1. The average molecular weight is 440 g/mol. The van der Waals surface area contributed by atoms with Crippen LogP contribution in [0.25, 0.3) is 0 Å². The van der Waals surface area contributed by atoms with E-state index in [1.54, 1.807) is 42.5 Å². The molecule has 1 unspecified atom stereocenters. The Hall–Kier alpha value is -4.24. The second kappa shape index (κ2) is 9.09. The lowest BCUT2D eigenvalue weighted by Gasteiger charge is -2.26. The molecule has 6 nitrogen and oxygen atoms in total. The number of carbonyl (C=O) groups is 1. The molecule has 0 amide bonds. The van der Waals surface area contributed by atoms with Crippen LogP contribution >= 0.6 is 0 Å². The van der Waals surface area contributed by atoms with E-state index in [1.165, 1.54) is 0 Å². The molecule has 6 heteroatoms. The summed E-state index contributed by atoms with van der Waals surface area (Å²) in [6.07, 6.45) is 0.0464. The van der Waals surface area contributed by atoms with Crippen LogP contribution in [-0.4, -0.2) is 12.1 Å². The molecule has 3 aromatic rings. The molecular weight excluding hydrogens is 416 g/mol. The minimum absolute atomic E-state index is 0.0415. The first-order chi connectivity index (χ1) is 15.9. The van der Waals surface area contributed by atoms with Gasteiger partial charge in [-0.05, 0) is 56.7 Å². The SMILES string of the molecule is Cc1ccc(C2C(C#N)=C(N)Oc3cc(OC(=O)c4ccc(OC(C)C)cc4)ccc32)cc1. The number of carbonyl (C=O) groups excluding carboxylic acids is 1. The third-order valence-electron chi connectivity index (χ3n) is 5.27. The van der Waals surface area contributed by atoms with Gasteiger partial charge >= 0.3 is 5.97 Å². The molecule has 0 fully saturated rings. The first-order valence-corrected chi connectivity index (χ1v) is 10.6. The van der Waals surface area contributed by atoms with Crippen molar-refractivity contribution in [2.75, 3.05) is 0 Å². The molecule has 0 saturated carbocycles.